The average molecular weight is 393 g/mol. The van der Waals surface area contributed by atoms with Crippen molar-refractivity contribution in [3.05, 3.63) is 47.3 Å². The minimum atomic E-state index is -3.59. The van der Waals surface area contributed by atoms with E-state index in [0.717, 1.165) is 11.3 Å². The fourth-order valence-electron chi connectivity index (χ4n) is 3.29. The first kappa shape index (κ1) is 17.7. The lowest BCUT2D eigenvalue weighted by Gasteiger charge is -2.37. The van der Waals surface area contributed by atoms with Crippen LogP contribution in [0.2, 0.25) is 0 Å². The van der Waals surface area contributed by atoms with Gasteiger partial charge < -0.3 is 14.4 Å². The number of hydrogen-bond donors (Lipinski definition) is 0. The Labute approximate surface area is 156 Å². The van der Waals surface area contributed by atoms with Crippen LogP contribution < -0.4 is 0 Å². The molecule has 1 spiro atoms. The molecule has 0 radical (unpaired) electrons. The van der Waals surface area contributed by atoms with Crippen molar-refractivity contribution in [1.29, 1.82) is 0 Å². The molecule has 3 heterocycles. The van der Waals surface area contributed by atoms with E-state index in [1.165, 1.54) is 6.07 Å². The number of sulfone groups is 1. The second-order valence-electron chi connectivity index (χ2n) is 6.33. The highest BCUT2D eigenvalue weighted by atomic mass is 32.2. The van der Waals surface area contributed by atoms with E-state index in [1.54, 1.807) is 41.3 Å². The summed E-state index contributed by atoms with van der Waals surface area (Å²) >= 11 is 1.02. The zero-order chi connectivity index (χ0) is 18.2. The number of amides is 1. The number of ether oxygens (including phenoxy) is 2. The van der Waals surface area contributed by atoms with E-state index in [9.17, 15) is 13.2 Å². The highest BCUT2D eigenvalue weighted by molar-refractivity contribution is 7.93. The molecule has 0 unspecified atom stereocenters. The highest BCUT2D eigenvalue weighted by Gasteiger charge is 2.41. The SMILES string of the molecule is O=C(c1ccc(S(=O)(=O)c2ccccc2)s1)N1CCC2(CC1)OCCO2. The summed E-state index contributed by atoms with van der Waals surface area (Å²) in [7, 11) is -3.59. The molecule has 138 valence electrons. The third-order valence-electron chi connectivity index (χ3n) is 4.74. The lowest BCUT2D eigenvalue weighted by atomic mass is 10.0. The van der Waals surface area contributed by atoms with Gasteiger partial charge in [0.05, 0.1) is 23.0 Å². The van der Waals surface area contributed by atoms with Gasteiger partial charge in [0.15, 0.2) is 5.79 Å². The Morgan fingerprint density at radius 2 is 1.65 bits per heavy atom. The number of carbonyl (C=O) groups excluding carboxylic acids is 1. The molecule has 0 aliphatic carbocycles. The van der Waals surface area contributed by atoms with E-state index in [0.29, 0.717) is 44.0 Å². The number of piperidine rings is 1. The number of hydrogen-bond acceptors (Lipinski definition) is 6. The molecule has 1 amide bonds. The van der Waals surface area contributed by atoms with Crippen LogP contribution in [0.15, 0.2) is 51.6 Å². The molecule has 2 saturated heterocycles. The summed E-state index contributed by atoms with van der Waals surface area (Å²) in [6.07, 6.45) is 1.28. The minimum Gasteiger partial charge on any atom is -0.347 e. The molecule has 0 N–H and O–H groups in total. The molecular formula is C18H19NO5S2. The van der Waals surface area contributed by atoms with E-state index < -0.39 is 15.6 Å². The predicted octanol–water partition coefficient (Wildman–Crippen LogP) is 2.56. The lowest BCUT2D eigenvalue weighted by molar-refractivity contribution is -0.181. The van der Waals surface area contributed by atoms with Crippen LogP contribution in [0.3, 0.4) is 0 Å². The van der Waals surface area contributed by atoms with Crippen LogP contribution in [0.1, 0.15) is 22.5 Å². The normalized spacial score (nSPS) is 19.8. The summed E-state index contributed by atoms with van der Waals surface area (Å²) in [6.45, 7) is 2.27. The van der Waals surface area contributed by atoms with E-state index in [1.807, 2.05) is 0 Å². The van der Waals surface area contributed by atoms with Crippen LogP contribution in [0.4, 0.5) is 0 Å². The molecule has 2 aromatic rings. The Bertz CT molecular complexity index is 891. The maximum Gasteiger partial charge on any atom is 0.263 e. The molecule has 6 nitrogen and oxygen atoms in total. The molecule has 2 fully saturated rings. The van der Waals surface area contributed by atoms with Crippen LogP contribution in [0, 0.1) is 0 Å². The maximum atomic E-state index is 12.7. The molecule has 8 heteroatoms. The third kappa shape index (κ3) is 3.18. The topological polar surface area (TPSA) is 72.9 Å². The van der Waals surface area contributed by atoms with E-state index in [-0.39, 0.29) is 15.0 Å². The number of benzene rings is 1. The largest absolute Gasteiger partial charge is 0.347 e. The van der Waals surface area contributed by atoms with Crippen molar-refractivity contribution in [2.24, 2.45) is 0 Å². The molecular weight excluding hydrogens is 374 g/mol. The van der Waals surface area contributed by atoms with Crippen LogP contribution in [-0.4, -0.2) is 51.3 Å². The van der Waals surface area contributed by atoms with Crippen LogP contribution in [-0.2, 0) is 19.3 Å². The Hall–Kier alpha value is -1.74. The summed E-state index contributed by atoms with van der Waals surface area (Å²) in [6, 6.07) is 11.4. The average Bonchev–Trinajstić information content (AvgIpc) is 3.33. The standard InChI is InChI=1S/C18H19NO5S2/c20-17(19-10-8-18(9-11-19)23-12-13-24-18)15-6-7-16(25-15)26(21,22)14-4-2-1-3-5-14/h1-7H,8-13H2. The summed E-state index contributed by atoms with van der Waals surface area (Å²) in [5.74, 6) is -0.675. The Balaban J connectivity index is 1.49. The summed E-state index contributed by atoms with van der Waals surface area (Å²) in [4.78, 5) is 15.1. The van der Waals surface area contributed by atoms with Crippen LogP contribution >= 0.6 is 11.3 Å². The van der Waals surface area contributed by atoms with Gasteiger partial charge in [0.1, 0.15) is 4.21 Å². The molecule has 0 atom stereocenters. The van der Waals surface area contributed by atoms with E-state index in [2.05, 4.69) is 0 Å². The van der Waals surface area contributed by atoms with Crippen molar-refractivity contribution in [3.63, 3.8) is 0 Å². The number of rotatable bonds is 3. The van der Waals surface area contributed by atoms with Gasteiger partial charge in [-0.15, -0.1) is 11.3 Å². The predicted molar refractivity (Wildman–Crippen MR) is 96.0 cm³/mol. The van der Waals surface area contributed by atoms with Gasteiger partial charge in [0.25, 0.3) is 5.91 Å². The van der Waals surface area contributed by atoms with E-state index in [4.69, 9.17) is 9.47 Å². The van der Waals surface area contributed by atoms with Gasteiger partial charge in [0, 0.05) is 25.9 Å². The smallest absolute Gasteiger partial charge is 0.263 e. The van der Waals surface area contributed by atoms with Gasteiger partial charge in [-0.25, -0.2) is 8.42 Å². The van der Waals surface area contributed by atoms with Crippen molar-refractivity contribution < 1.29 is 22.7 Å². The van der Waals surface area contributed by atoms with E-state index >= 15 is 0 Å². The fraction of sp³-hybridized carbons (Fsp3) is 0.389. The van der Waals surface area contributed by atoms with Crippen LogP contribution in [0.5, 0.6) is 0 Å². The van der Waals surface area contributed by atoms with Crippen molar-refractivity contribution in [1.82, 2.24) is 4.90 Å². The molecule has 2 aliphatic heterocycles. The molecule has 1 aromatic heterocycles. The first-order chi connectivity index (χ1) is 12.5. The number of carbonyl (C=O) groups is 1. The fourth-order valence-corrected chi connectivity index (χ4v) is 5.98. The van der Waals surface area contributed by atoms with Crippen molar-refractivity contribution >= 4 is 27.1 Å². The number of nitrogens with zero attached hydrogens (tertiary/aromatic N) is 1. The monoisotopic (exact) mass is 393 g/mol. The number of thiophene rings is 1. The van der Waals surface area contributed by atoms with Gasteiger partial charge in [-0.3, -0.25) is 4.79 Å². The van der Waals surface area contributed by atoms with Crippen LogP contribution in [0.25, 0.3) is 0 Å². The Morgan fingerprint density at radius 3 is 2.31 bits per heavy atom. The molecule has 2 aliphatic rings. The van der Waals surface area contributed by atoms with Gasteiger partial charge >= 0.3 is 0 Å². The lowest BCUT2D eigenvalue weighted by Crippen LogP contribution is -2.47. The third-order valence-corrected chi connectivity index (χ3v) is 8.07. The number of likely N-dealkylation sites (tertiary alicyclic amines) is 1. The van der Waals surface area contributed by atoms with Gasteiger partial charge in [-0.2, -0.15) is 0 Å². The Kier molecular flexibility index (Phi) is 4.60. The zero-order valence-corrected chi connectivity index (χ0v) is 15.7. The van der Waals surface area contributed by atoms with Crippen molar-refractivity contribution in [2.45, 2.75) is 27.7 Å². The zero-order valence-electron chi connectivity index (χ0n) is 14.1. The first-order valence-corrected chi connectivity index (χ1v) is 10.8. The molecule has 26 heavy (non-hydrogen) atoms. The second kappa shape index (κ2) is 6.77. The minimum absolute atomic E-state index is 0.141. The summed E-state index contributed by atoms with van der Waals surface area (Å²) < 4.78 is 36.9. The summed E-state index contributed by atoms with van der Waals surface area (Å²) in [5.41, 5.74) is 0. The Morgan fingerprint density at radius 1 is 1.00 bits per heavy atom. The molecule has 0 bridgehead atoms. The maximum absolute atomic E-state index is 12.7. The molecule has 1 aromatic carbocycles. The van der Waals surface area contributed by atoms with Crippen molar-refractivity contribution in [2.75, 3.05) is 26.3 Å². The van der Waals surface area contributed by atoms with Crippen molar-refractivity contribution in [3.8, 4) is 0 Å². The van der Waals surface area contributed by atoms with Gasteiger partial charge in [-0.1, -0.05) is 18.2 Å². The highest BCUT2D eigenvalue weighted by Crippen LogP contribution is 2.33. The summed E-state index contributed by atoms with van der Waals surface area (Å²) in [5, 5.41) is 0. The first-order valence-electron chi connectivity index (χ1n) is 8.47. The molecule has 4 rings (SSSR count). The quantitative estimate of drug-likeness (QED) is 0.801. The molecule has 0 saturated carbocycles. The second-order valence-corrected chi connectivity index (χ2v) is 9.60. The van der Waals surface area contributed by atoms with Gasteiger partial charge in [-0.05, 0) is 24.3 Å². The van der Waals surface area contributed by atoms with Gasteiger partial charge in [0.2, 0.25) is 9.84 Å².